The first-order chi connectivity index (χ1) is 9.27. The molecule has 4 N–H and O–H groups in total. The third-order valence-electron chi connectivity index (χ3n) is 3.70. The van der Waals surface area contributed by atoms with E-state index in [0.717, 1.165) is 31.7 Å². The van der Waals surface area contributed by atoms with E-state index >= 15 is 0 Å². The number of nitrogens with two attached hydrogens (primary N) is 1. The number of H-pyrrole nitrogens is 1. The maximum atomic E-state index is 6.01. The van der Waals surface area contributed by atoms with E-state index in [9.17, 15) is 0 Å². The van der Waals surface area contributed by atoms with E-state index in [4.69, 9.17) is 18.0 Å². The highest BCUT2D eigenvalue weighted by atomic mass is 32.1. The topological polar surface area (TPSA) is 57.1 Å². The zero-order valence-electron chi connectivity index (χ0n) is 10.7. The Labute approximate surface area is 118 Å². The van der Waals surface area contributed by atoms with Gasteiger partial charge in [-0.05, 0) is 6.07 Å². The van der Waals surface area contributed by atoms with E-state index in [1.807, 2.05) is 18.3 Å². The Bertz CT molecular complexity index is 586. The number of nitrogens with one attached hydrogen (secondary N) is 2. The Morgan fingerprint density at radius 3 is 2.74 bits per heavy atom. The Morgan fingerprint density at radius 2 is 2.00 bits per heavy atom. The van der Waals surface area contributed by atoms with Gasteiger partial charge in [-0.1, -0.05) is 30.4 Å². The minimum atomic E-state index is 0.0215. The molecule has 4 nitrogen and oxygen atoms in total. The molecule has 1 aliphatic rings. The summed E-state index contributed by atoms with van der Waals surface area (Å²) in [5, 5.41) is 4.56. The van der Waals surface area contributed by atoms with Crippen molar-refractivity contribution in [2.24, 2.45) is 5.73 Å². The molecule has 1 fully saturated rings. The van der Waals surface area contributed by atoms with Gasteiger partial charge in [0, 0.05) is 48.8 Å². The molecule has 2 heterocycles. The third-order valence-corrected chi connectivity index (χ3v) is 3.93. The zero-order valence-corrected chi connectivity index (χ0v) is 11.5. The van der Waals surface area contributed by atoms with Crippen LogP contribution < -0.4 is 11.1 Å². The number of piperazine rings is 1. The van der Waals surface area contributed by atoms with Gasteiger partial charge in [0.25, 0.3) is 0 Å². The van der Waals surface area contributed by atoms with E-state index < -0.39 is 0 Å². The summed E-state index contributed by atoms with van der Waals surface area (Å²) in [4.78, 5) is 6.21. The number of aromatic amines is 1. The van der Waals surface area contributed by atoms with E-state index in [2.05, 4.69) is 27.3 Å². The molecule has 1 unspecified atom stereocenters. The molecule has 0 radical (unpaired) electrons. The van der Waals surface area contributed by atoms with Crippen LogP contribution in [0.15, 0.2) is 30.5 Å². The van der Waals surface area contributed by atoms with Gasteiger partial charge in [0.15, 0.2) is 0 Å². The fourth-order valence-corrected chi connectivity index (χ4v) is 3.07. The van der Waals surface area contributed by atoms with Crippen LogP contribution in [0.5, 0.6) is 0 Å². The van der Waals surface area contributed by atoms with E-state index in [1.54, 1.807) is 0 Å². The predicted molar refractivity (Wildman–Crippen MR) is 82.3 cm³/mol. The second-order valence-electron chi connectivity index (χ2n) is 4.88. The van der Waals surface area contributed by atoms with Crippen LogP contribution in [0.4, 0.5) is 0 Å². The van der Waals surface area contributed by atoms with Crippen molar-refractivity contribution in [1.82, 2.24) is 15.2 Å². The van der Waals surface area contributed by atoms with E-state index in [1.165, 1.54) is 10.9 Å². The highest BCUT2D eigenvalue weighted by Gasteiger charge is 2.26. The number of nitrogens with zero attached hydrogens (tertiary/aromatic N) is 1. The minimum absolute atomic E-state index is 0.0215. The fraction of sp³-hybridized carbons (Fsp3) is 0.357. The number of rotatable bonds is 3. The van der Waals surface area contributed by atoms with Crippen LogP contribution in [0.25, 0.3) is 10.9 Å². The fourth-order valence-electron chi connectivity index (χ4n) is 2.79. The summed E-state index contributed by atoms with van der Waals surface area (Å²) >= 11 is 5.31. The molecule has 2 aromatic rings. The van der Waals surface area contributed by atoms with Crippen molar-refractivity contribution in [3.8, 4) is 0 Å². The van der Waals surface area contributed by atoms with Crippen LogP contribution in [0.1, 0.15) is 11.6 Å². The minimum Gasteiger partial charge on any atom is -0.392 e. The zero-order chi connectivity index (χ0) is 13.2. The van der Waals surface area contributed by atoms with Crippen LogP contribution in [0.2, 0.25) is 0 Å². The number of hydrogen-bond donors (Lipinski definition) is 3. The lowest BCUT2D eigenvalue weighted by atomic mass is 10.0. The Kier molecular flexibility index (Phi) is 3.50. The van der Waals surface area contributed by atoms with Gasteiger partial charge in [-0.15, -0.1) is 0 Å². The summed E-state index contributed by atoms with van der Waals surface area (Å²) < 4.78 is 0. The molecule has 0 aliphatic carbocycles. The molecule has 100 valence electrons. The first-order valence-electron chi connectivity index (χ1n) is 6.57. The molecule has 0 spiro atoms. The number of para-hydroxylation sites is 1. The summed E-state index contributed by atoms with van der Waals surface area (Å²) in [6.07, 6.45) is 2.04. The van der Waals surface area contributed by atoms with Crippen molar-refractivity contribution in [2.75, 3.05) is 26.2 Å². The van der Waals surface area contributed by atoms with Gasteiger partial charge >= 0.3 is 0 Å². The quantitative estimate of drug-likeness (QED) is 0.741. The highest BCUT2D eigenvalue weighted by molar-refractivity contribution is 7.80. The molecular formula is C14H18N4S. The maximum absolute atomic E-state index is 6.01. The average molecular weight is 274 g/mol. The Morgan fingerprint density at radius 1 is 1.26 bits per heavy atom. The van der Waals surface area contributed by atoms with Crippen molar-refractivity contribution >= 4 is 28.1 Å². The molecular weight excluding hydrogens is 256 g/mol. The molecule has 5 heteroatoms. The SMILES string of the molecule is NC(=S)C(c1c[nH]c2ccccc12)N1CCNCC1. The van der Waals surface area contributed by atoms with Crippen LogP contribution >= 0.6 is 12.2 Å². The molecule has 1 saturated heterocycles. The van der Waals surface area contributed by atoms with Gasteiger partial charge in [-0.25, -0.2) is 0 Å². The second kappa shape index (κ2) is 5.28. The highest BCUT2D eigenvalue weighted by Crippen LogP contribution is 2.28. The maximum Gasteiger partial charge on any atom is 0.0949 e. The summed E-state index contributed by atoms with van der Waals surface area (Å²) in [5.41, 5.74) is 8.32. The lowest BCUT2D eigenvalue weighted by molar-refractivity contribution is 0.216. The molecule has 1 atom stereocenters. The lowest BCUT2D eigenvalue weighted by Gasteiger charge is -2.34. The second-order valence-corrected chi connectivity index (χ2v) is 5.35. The van der Waals surface area contributed by atoms with Crippen LogP contribution in [-0.2, 0) is 0 Å². The van der Waals surface area contributed by atoms with Gasteiger partial charge in [0.2, 0.25) is 0 Å². The molecule has 1 aromatic carbocycles. The van der Waals surface area contributed by atoms with Gasteiger partial charge in [0.1, 0.15) is 0 Å². The standard InChI is InChI=1S/C14H18N4S/c15-14(19)13(18-7-5-16-6-8-18)11-9-17-12-4-2-1-3-10(11)12/h1-4,9,13,16-17H,5-8H2,(H2,15,19). The largest absolute Gasteiger partial charge is 0.392 e. The monoisotopic (exact) mass is 274 g/mol. The normalized spacial score (nSPS) is 18.5. The number of hydrogen-bond acceptors (Lipinski definition) is 3. The molecule has 19 heavy (non-hydrogen) atoms. The van der Waals surface area contributed by atoms with Gasteiger partial charge in [-0.3, -0.25) is 4.90 Å². The van der Waals surface area contributed by atoms with Crippen LogP contribution in [0.3, 0.4) is 0 Å². The van der Waals surface area contributed by atoms with Crippen molar-refractivity contribution in [3.05, 3.63) is 36.0 Å². The lowest BCUT2D eigenvalue weighted by Crippen LogP contribution is -2.48. The summed E-state index contributed by atoms with van der Waals surface area (Å²) in [6, 6.07) is 8.30. The Hall–Kier alpha value is -1.43. The number of aromatic nitrogens is 1. The van der Waals surface area contributed by atoms with Crippen LogP contribution in [0, 0.1) is 0 Å². The first-order valence-corrected chi connectivity index (χ1v) is 6.98. The van der Waals surface area contributed by atoms with Crippen LogP contribution in [-0.4, -0.2) is 41.1 Å². The third kappa shape index (κ3) is 2.36. The molecule has 0 amide bonds. The molecule has 0 bridgehead atoms. The number of fused-ring (bicyclic) bond motifs is 1. The average Bonchev–Trinajstić information content (AvgIpc) is 2.84. The predicted octanol–water partition coefficient (Wildman–Crippen LogP) is 1.40. The van der Waals surface area contributed by atoms with E-state index in [-0.39, 0.29) is 6.04 Å². The molecule has 3 rings (SSSR count). The van der Waals surface area contributed by atoms with Crippen molar-refractivity contribution < 1.29 is 0 Å². The van der Waals surface area contributed by atoms with Gasteiger partial charge in [-0.2, -0.15) is 0 Å². The summed E-state index contributed by atoms with van der Waals surface area (Å²) in [6.45, 7) is 3.92. The van der Waals surface area contributed by atoms with Crippen molar-refractivity contribution in [2.45, 2.75) is 6.04 Å². The number of benzene rings is 1. The van der Waals surface area contributed by atoms with Gasteiger partial charge < -0.3 is 16.0 Å². The smallest absolute Gasteiger partial charge is 0.0949 e. The molecule has 1 aromatic heterocycles. The van der Waals surface area contributed by atoms with E-state index in [0.29, 0.717) is 4.99 Å². The van der Waals surface area contributed by atoms with Crippen molar-refractivity contribution in [3.63, 3.8) is 0 Å². The summed E-state index contributed by atoms with van der Waals surface area (Å²) in [7, 11) is 0. The van der Waals surface area contributed by atoms with Gasteiger partial charge in [0.05, 0.1) is 11.0 Å². The molecule has 1 aliphatic heterocycles. The Balaban J connectivity index is 2.01. The molecule has 0 saturated carbocycles. The number of thiocarbonyl (C=S) groups is 1. The summed E-state index contributed by atoms with van der Waals surface area (Å²) in [5.74, 6) is 0. The first kappa shape index (κ1) is 12.6. The van der Waals surface area contributed by atoms with Crippen molar-refractivity contribution in [1.29, 1.82) is 0 Å².